The Morgan fingerprint density at radius 3 is 2.77 bits per heavy atom. The number of amides is 1. The molecule has 0 spiro atoms. The molecule has 3 heterocycles. The predicted molar refractivity (Wildman–Crippen MR) is 101 cm³/mol. The van der Waals surface area contributed by atoms with E-state index < -0.39 is 5.54 Å². The molecular weight excluding hydrogens is 376 g/mol. The molecule has 26 heavy (non-hydrogen) atoms. The number of hydrogen-bond donors (Lipinski definition) is 2. The number of fused-ring (bicyclic) bond motifs is 3. The van der Waals surface area contributed by atoms with Crippen LogP contribution in [0.4, 0.5) is 0 Å². The number of aliphatic hydroxyl groups is 1. The van der Waals surface area contributed by atoms with Gasteiger partial charge in [0.2, 0.25) is 5.91 Å². The van der Waals surface area contributed by atoms with Gasteiger partial charge in [0.05, 0.1) is 26.7 Å². The van der Waals surface area contributed by atoms with E-state index in [2.05, 4.69) is 10.4 Å². The van der Waals surface area contributed by atoms with Crippen LogP contribution in [0.15, 0.2) is 16.9 Å². The molecule has 2 N–H and O–H groups in total. The summed E-state index contributed by atoms with van der Waals surface area (Å²) >= 11 is 7.51. The number of carbonyl (C=O) groups excluding carboxylic acids is 1. The third-order valence-corrected chi connectivity index (χ3v) is 5.94. The molecule has 1 fully saturated rings. The van der Waals surface area contributed by atoms with Gasteiger partial charge < -0.3 is 10.4 Å². The molecule has 0 aromatic carbocycles. The molecule has 4 rings (SSSR count). The van der Waals surface area contributed by atoms with Gasteiger partial charge in [-0.15, -0.1) is 11.3 Å². The van der Waals surface area contributed by atoms with Gasteiger partial charge in [-0.3, -0.25) is 14.0 Å². The zero-order chi connectivity index (χ0) is 18.6. The third-order valence-electron chi connectivity index (χ3n) is 4.74. The Morgan fingerprint density at radius 2 is 2.15 bits per heavy atom. The van der Waals surface area contributed by atoms with E-state index in [-0.39, 0.29) is 30.5 Å². The minimum atomic E-state index is -0.514. The van der Waals surface area contributed by atoms with E-state index in [4.69, 9.17) is 11.6 Å². The van der Waals surface area contributed by atoms with Crippen LogP contribution in [0.2, 0.25) is 4.34 Å². The van der Waals surface area contributed by atoms with Crippen molar-refractivity contribution in [2.75, 3.05) is 6.61 Å². The van der Waals surface area contributed by atoms with E-state index in [0.29, 0.717) is 15.7 Å². The van der Waals surface area contributed by atoms with Gasteiger partial charge in [-0.2, -0.15) is 5.10 Å². The monoisotopic (exact) mass is 394 g/mol. The first kappa shape index (κ1) is 17.5. The molecule has 1 amide bonds. The highest BCUT2D eigenvalue weighted by molar-refractivity contribution is 7.22. The van der Waals surface area contributed by atoms with Crippen molar-refractivity contribution in [3.05, 3.63) is 32.6 Å². The van der Waals surface area contributed by atoms with Crippen molar-refractivity contribution < 1.29 is 9.90 Å². The topological polar surface area (TPSA) is 88.6 Å². The normalized spacial score (nSPS) is 15.9. The first-order valence-corrected chi connectivity index (χ1v) is 9.66. The van der Waals surface area contributed by atoms with Gasteiger partial charge in [-0.05, 0) is 25.0 Å². The standard InChI is InChI=1S/C17H19ClN4O3S/c1-9(2)15-20-21(7-14(24)19-17(8-23)3-4-17)16(25)11-5-12-10(22(11)15)6-13(18)26-12/h5-6,9,23H,3-4,7-8H2,1-2H3,(H,19,24). The average Bonchev–Trinajstić information content (AvgIpc) is 3.12. The fourth-order valence-electron chi connectivity index (χ4n) is 3.14. The van der Waals surface area contributed by atoms with Crippen LogP contribution in [0.1, 0.15) is 38.4 Å². The molecule has 1 aliphatic carbocycles. The molecule has 9 heteroatoms. The number of halogens is 1. The molecule has 0 aliphatic heterocycles. The summed E-state index contributed by atoms with van der Waals surface area (Å²) in [5.74, 6) is 0.427. The molecule has 0 bridgehead atoms. The van der Waals surface area contributed by atoms with Crippen molar-refractivity contribution in [3.63, 3.8) is 0 Å². The lowest BCUT2D eigenvalue weighted by Gasteiger charge is -2.16. The quantitative estimate of drug-likeness (QED) is 0.693. The SMILES string of the molecule is CC(C)c1nn(CC(=O)NC2(CO)CC2)c(=O)c2cc3sc(Cl)cc3n12. The summed E-state index contributed by atoms with van der Waals surface area (Å²) in [6.07, 6.45) is 1.51. The van der Waals surface area contributed by atoms with Crippen LogP contribution >= 0.6 is 22.9 Å². The number of carbonyl (C=O) groups is 1. The number of hydrogen-bond acceptors (Lipinski definition) is 5. The Balaban J connectivity index is 1.79. The molecule has 1 saturated carbocycles. The van der Waals surface area contributed by atoms with E-state index in [9.17, 15) is 14.7 Å². The second-order valence-corrected chi connectivity index (χ2v) is 8.84. The minimum Gasteiger partial charge on any atom is -0.394 e. The first-order chi connectivity index (χ1) is 12.3. The van der Waals surface area contributed by atoms with Gasteiger partial charge in [-0.25, -0.2) is 4.68 Å². The molecule has 3 aromatic rings. The van der Waals surface area contributed by atoms with Crippen LogP contribution in [0.3, 0.4) is 0 Å². The van der Waals surface area contributed by atoms with E-state index in [1.807, 2.05) is 24.3 Å². The summed E-state index contributed by atoms with van der Waals surface area (Å²) in [5.41, 5.74) is 0.507. The summed E-state index contributed by atoms with van der Waals surface area (Å²) in [6, 6.07) is 3.63. The van der Waals surface area contributed by atoms with E-state index in [0.717, 1.165) is 23.1 Å². The third kappa shape index (κ3) is 2.82. The highest BCUT2D eigenvalue weighted by Crippen LogP contribution is 2.34. The van der Waals surface area contributed by atoms with Gasteiger partial charge in [-0.1, -0.05) is 25.4 Å². The molecule has 0 radical (unpaired) electrons. The van der Waals surface area contributed by atoms with Crippen molar-refractivity contribution in [1.82, 2.24) is 19.5 Å². The summed E-state index contributed by atoms with van der Waals surface area (Å²) < 4.78 is 4.60. The molecule has 138 valence electrons. The molecule has 0 atom stereocenters. The number of nitrogens with one attached hydrogen (secondary N) is 1. The maximum absolute atomic E-state index is 12.9. The smallest absolute Gasteiger partial charge is 0.291 e. The van der Waals surface area contributed by atoms with Crippen LogP contribution < -0.4 is 10.9 Å². The first-order valence-electron chi connectivity index (χ1n) is 8.47. The maximum Gasteiger partial charge on any atom is 0.291 e. The van der Waals surface area contributed by atoms with Gasteiger partial charge in [0, 0.05) is 5.92 Å². The summed E-state index contributed by atoms with van der Waals surface area (Å²) in [4.78, 5) is 25.2. The largest absolute Gasteiger partial charge is 0.394 e. The minimum absolute atomic E-state index is 0.0499. The second-order valence-electron chi connectivity index (χ2n) is 7.13. The maximum atomic E-state index is 12.9. The zero-order valence-electron chi connectivity index (χ0n) is 14.5. The Bertz CT molecular complexity index is 1080. The summed E-state index contributed by atoms with van der Waals surface area (Å²) in [5, 5.41) is 16.6. The van der Waals surface area contributed by atoms with Crippen LogP contribution in [0.5, 0.6) is 0 Å². The second kappa shape index (κ2) is 6.07. The van der Waals surface area contributed by atoms with Crippen LogP contribution in [0, 0.1) is 0 Å². The molecular formula is C17H19ClN4O3S. The van der Waals surface area contributed by atoms with Crippen molar-refractivity contribution in [2.24, 2.45) is 0 Å². The van der Waals surface area contributed by atoms with Gasteiger partial charge in [0.1, 0.15) is 17.9 Å². The van der Waals surface area contributed by atoms with E-state index in [1.165, 1.54) is 16.0 Å². The Kier molecular flexibility index (Phi) is 4.09. The number of aliphatic hydroxyl groups excluding tert-OH is 1. The number of thiophene rings is 1. The van der Waals surface area contributed by atoms with Crippen LogP contribution in [-0.2, 0) is 11.3 Å². The molecule has 1 aliphatic rings. The van der Waals surface area contributed by atoms with Crippen molar-refractivity contribution in [1.29, 1.82) is 0 Å². The fourth-order valence-corrected chi connectivity index (χ4v) is 4.30. The van der Waals surface area contributed by atoms with Crippen LogP contribution in [0.25, 0.3) is 15.7 Å². The lowest BCUT2D eigenvalue weighted by Crippen LogP contribution is -2.43. The van der Waals surface area contributed by atoms with E-state index >= 15 is 0 Å². The summed E-state index contributed by atoms with van der Waals surface area (Å²) in [7, 11) is 0. The number of nitrogens with zero attached hydrogens (tertiary/aromatic N) is 3. The Hall–Kier alpha value is -1.90. The van der Waals surface area contributed by atoms with Gasteiger partial charge in [0.15, 0.2) is 0 Å². The van der Waals surface area contributed by atoms with Crippen LogP contribution in [-0.4, -0.2) is 37.3 Å². The molecule has 7 nitrogen and oxygen atoms in total. The lowest BCUT2D eigenvalue weighted by atomic mass is 10.2. The van der Waals surface area contributed by atoms with E-state index in [1.54, 1.807) is 6.07 Å². The Labute approximate surface area is 158 Å². The molecule has 0 unspecified atom stereocenters. The van der Waals surface area contributed by atoms with Crippen molar-refractivity contribution in [3.8, 4) is 0 Å². The van der Waals surface area contributed by atoms with Crippen molar-refractivity contribution in [2.45, 2.75) is 44.7 Å². The average molecular weight is 395 g/mol. The molecule has 0 saturated heterocycles. The lowest BCUT2D eigenvalue weighted by molar-refractivity contribution is -0.123. The summed E-state index contributed by atoms with van der Waals surface area (Å²) in [6.45, 7) is 3.71. The van der Waals surface area contributed by atoms with Gasteiger partial charge in [0.25, 0.3) is 5.56 Å². The highest BCUT2D eigenvalue weighted by Gasteiger charge is 2.43. The van der Waals surface area contributed by atoms with Gasteiger partial charge >= 0.3 is 0 Å². The Morgan fingerprint density at radius 1 is 1.42 bits per heavy atom. The zero-order valence-corrected chi connectivity index (χ0v) is 16.0. The van der Waals surface area contributed by atoms with Crippen molar-refractivity contribution >= 4 is 44.6 Å². The highest BCUT2D eigenvalue weighted by atomic mass is 35.5. The predicted octanol–water partition coefficient (Wildman–Crippen LogP) is 2.13. The fraction of sp³-hybridized carbons (Fsp3) is 0.471. The molecule has 3 aromatic heterocycles. The number of aromatic nitrogens is 3. The number of rotatable bonds is 5.